The van der Waals surface area contributed by atoms with Gasteiger partial charge in [-0.2, -0.15) is 0 Å². The van der Waals surface area contributed by atoms with Crippen LogP contribution in [0.1, 0.15) is 18.9 Å². The van der Waals surface area contributed by atoms with Crippen molar-refractivity contribution in [1.29, 1.82) is 0 Å². The van der Waals surface area contributed by atoms with E-state index in [1.807, 2.05) is 18.7 Å². The van der Waals surface area contributed by atoms with Crippen molar-refractivity contribution in [3.63, 3.8) is 0 Å². The molecule has 2 heterocycles. The van der Waals surface area contributed by atoms with E-state index in [4.69, 9.17) is 0 Å². The summed E-state index contributed by atoms with van der Waals surface area (Å²) in [6.45, 7) is 6.37. The number of nitrogens with one attached hydrogen (secondary N) is 1. The third-order valence-corrected chi connectivity index (χ3v) is 3.27. The molecule has 98 valence electrons. The van der Waals surface area contributed by atoms with Gasteiger partial charge in [0.2, 0.25) is 5.82 Å². The molecule has 0 aromatic carbocycles. The van der Waals surface area contributed by atoms with E-state index in [9.17, 15) is 10.1 Å². The summed E-state index contributed by atoms with van der Waals surface area (Å²) < 4.78 is 0. The first kappa shape index (κ1) is 12.8. The zero-order valence-electron chi connectivity index (χ0n) is 10.7. The van der Waals surface area contributed by atoms with Crippen LogP contribution >= 0.6 is 0 Å². The number of hydrogen-bond acceptors (Lipinski definition) is 5. The lowest BCUT2D eigenvalue weighted by Crippen LogP contribution is -2.37. The molecule has 1 saturated heterocycles. The van der Waals surface area contributed by atoms with Gasteiger partial charge in [-0.15, -0.1) is 0 Å². The molecule has 0 aliphatic carbocycles. The van der Waals surface area contributed by atoms with Crippen molar-refractivity contribution < 1.29 is 4.92 Å². The van der Waals surface area contributed by atoms with Crippen molar-refractivity contribution in [3.8, 4) is 0 Å². The maximum absolute atomic E-state index is 11.1. The molecule has 1 atom stereocenters. The number of nitro groups is 1. The third kappa shape index (κ3) is 2.43. The molecule has 1 aliphatic rings. The molecule has 0 radical (unpaired) electrons. The number of likely N-dealkylation sites (N-methyl/N-ethyl adjacent to an activating group) is 1. The minimum Gasteiger partial charge on any atom is -0.347 e. The van der Waals surface area contributed by atoms with Crippen molar-refractivity contribution in [2.24, 2.45) is 0 Å². The normalized spacial score (nSPS) is 18.9. The predicted molar refractivity (Wildman–Crippen MR) is 69.9 cm³/mol. The second kappa shape index (κ2) is 5.30. The first-order valence-corrected chi connectivity index (χ1v) is 6.22. The van der Waals surface area contributed by atoms with Gasteiger partial charge in [-0.3, -0.25) is 10.1 Å². The van der Waals surface area contributed by atoms with E-state index >= 15 is 0 Å². The highest BCUT2D eigenvalue weighted by molar-refractivity contribution is 5.59. The fraction of sp³-hybridized carbons (Fsp3) is 0.583. The summed E-state index contributed by atoms with van der Waals surface area (Å²) >= 11 is 0. The minimum atomic E-state index is -0.347. The van der Waals surface area contributed by atoms with E-state index in [-0.39, 0.29) is 10.6 Å². The molecule has 0 amide bonds. The zero-order valence-corrected chi connectivity index (χ0v) is 10.7. The van der Waals surface area contributed by atoms with Crippen LogP contribution in [-0.2, 0) is 0 Å². The number of pyridine rings is 1. The van der Waals surface area contributed by atoms with Gasteiger partial charge in [0, 0.05) is 31.4 Å². The Morgan fingerprint density at radius 2 is 2.44 bits per heavy atom. The topological polar surface area (TPSA) is 71.3 Å². The van der Waals surface area contributed by atoms with E-state index < -0.39 is 0 Å². The van der Waals surface area contributed by atoms with Crippen molar-refractivity contribution in [2.45, 2.75) is 26.3 Å². The molecule has 2 rings (SSSR count). The molecule has 1 aromatic rings. The Bertz CT molecular complexity index is 444. The number of rotatable bonds is 4. The second-order valence-corrected chi connectivity index (χ2v) is 4.55. The van der Waals surface area contributed by atoms with Crippen LogP contribution in [0.5, 0.6) is 0 Å². The van der Waals surface area contributed by atoms with Gasteiger partial charge in [0.05, 0.1) is 4.92 Å². The Hall–Kier alpha value is -1.69. The number of nitrogens with zero attached hydrogens (tertiary/aromatic N) is 3. The van der Waals surface area contributed by atoms with Gasteiger partial charge in [-0.05, 0) is 32.4 Å². The summed E-state index contributed by atoms with van der Waals surface area (Å²) in [5, 5.41) is 14.4. The number of aryl methyl sites for hydroxylation is 1. The Kier molecular flexibility index (Phi) is 3.76. The van der Waals surface area contributed by atoms with Gasteiger partial charge in [-0.1, -0.05) is 0 Å². The van der Waals surface area contributed by atoms with Crippen LogP contribution in [-0.4, -0.2) is 35.6 Å². The van der Waals surface area contributed by atoms with E-state index in [1.165, 1.54) is 0 Å². The van der Waals surface area contributed by atoms with Crippen molar-refractivity contribution in [1.82, 2.24) is 10.3 Å². The molecule has 0 bridgehead atoms. The molecule has 1 N–H and O–H groups in total. The highest BCUT2D eigenvalue weighted by Crippen LogP contribution is 2.28. The summed E-state index contributed by atoms with van der Waals surface area (Å²) in [6, 6.07) is 1.89. The van der Waals surface area contributed by atoms with E-state index in [2.05, 4.69) is 10.3 Å². The second-order valence-electron chi connectivity index (χ2n) is 4.55. The quantitative estimate of drug-likeness (QED) is 0.647. The Labute approximate surface area is 106 Å². The van der Waals surface area contributed by atoms with Gasteiger partial charge in [0.15, 0.2) is 0 Å². The van der Waals surface area contributed by atoms with Crippen LogP contribution in [0.3, 0.4) is 0 Å². The first-order chi connectivity index (χ1) is 8.63. The van der Waals surface area contributed by atoms with E-state index in [0.29, 0.717) is 11.9 Å². The van der Waals surface area contributed by atoms with Crippen LogP contribution in [0.4, 0.5) is 11.5 Å². The lowest BCUT2D eigenvalue weighted by atomic mass is 10.2. The van der Waals surface area contributed by atoms with Crippen molar-refractivity contribution in [3.05, 3.63) is 27.9 Å². The van der Waals surface area contributed by atoms with E-state index in [0.717, 1.165) is 31.6 Å². The van der Waals surface area contributed by atoms with Gasteiger partial charge in [0.1, 0.15) is 0 Å². The molecule has 0 spiro atoms. The van der Waals surface area contributed by atoms with Crippen molar-refractivity contribution in [2.75, 3.05) is 24.5 Å². The molecule has 1 unspecified atom stereocenters. The highest BCUT2D eigenvalue weighted by atomic mass is 16.6. The Balaban J connectivity index is 2.37. The molecule has 1 aliphatic heterocycles. The molecule has 1 aromatic heterocycles. The number of hydrogen-bond donors (Lipinski definition) is 1. The van der Waals surface area contributed by atoms with Crippen LogP contribution < -0.4 is 10.2 Å². The summed E-state index contributed by atoms with van der Waals surface area (Å²) in [5.41, 5.74) is 0.912. The summed E-state index contributed by atoms with van der Waals surface area (Å²) in [6.07, 6.45) is 2.69. The van der Waals surface area contributed by atoms with Crippen molar-refractivity contribution >= 4 is 11.5 Å². The zero-order chi connectivity index (χ0) is 13.1. The molecular formula is C12H18N4O2. The number of anilines is 1. The fourth-order valence-corrected chi connectivity index (χ4v) is 2.39. The van der Waals surface area contributed by atoms with Gasteiger partial charge >= 0.3 is 5.69 Å². The fourth-order valence-electron chi connectivity index (χ4n) is 2.39. The third-order valence-electron chi connectivity index (χ3n) is 3.27. The standard InChI is InChI=1S/C12H18N4O2/c1-3-15(10-4-5-13-8-10)12-11(16(17)18)6-9(2)7-14-12/h6-7,10,13H,3-5,8H2,1-2H3. The summed E-state index contributed by atoms with van der Waals surface area (Å²) in [4.78, 5) is 17.1. The largest absolute Gasteiger partial charge is 0.347 e. The smallest absolute Gasteiger partial charge is 0.311 e. The molecule has 0 saturated carbocycles. The predicted octanol–water partition coefficient (Wildman–Crippen LogP) is 1.49. The lowest BCUT2D eigenvalue weighted by molar-refractivity contribution is -0.384. The van der Waals surface area contributed by atoms with Crippen LogP contribution in [0.2, 0.25) is 0 Å². The molecule has 6 nitrogen and oxygen atoms in total. The van der Waals surface area contributed by atoms with Crippen LogP contribution in [0, 0.1) is 17.0 Å². The van der Waals surface area contributed by atoms with Gasteiger partial charge in [0.25, 0.3) is 0 Å². The SMILES string of the molecule is CCN(c1ncc(C)cc1[N+](=O)[O-])C1CCNC1. The Morgan fingerprint density at radius 1 is 1.67 bits per heavy atom. The monoisotopic (exact) mass is 250 g/mol. The summed E-state index contributed by atoms with van der Waals surface area (Å²) in [5.74, 6) is 0.488. The van der Waals surface area contributed by atoms with Gasteiger partial charge in [-0.25, -0.2) is 4.98 Å². The Morgan fingerprint density at radius 3 is 3.00 bits per heavy atom. The molecule has 1 fully saturated rings. The average Bonchev–Trinajstić information content (AvgIpc) is 2.85. The van der Waals surface area contributed by atoms with Crippen LogP contribution in [0.15, 0.2) is 12.3 Å². The van der Waals surface area contributed by atoms with Gasteiger partial charge < -0.3 is 10.2 Å². The van der Waals surface area contributed by atoms with E-state index in [1.54, 1.807) is 12.3 Å². The first-order valence-electron chi connectivity index (χ1n) is 6.22. The maximum Gasteiger partial charge on any atom is 0.311 e. The minimum absolute atomic E-state index is 0.101. The molecular weight excluding hydrogens is 232 g/mol. The molecule has 6 heteroatoms. The number of aromatic nitrogens is 1. The lowest BCUT2D eigenvalue weighted by Gasteiger charge is -2.27. The maximum atomic E-state index is 11.1. The average molecular weight is 250 g/mol. The molecule has 18 heavy (non-hydrogen) atoms. The van der Waals surface area contributed by atoms with Crippen LogP contribution in [0.25, 0.3) is 0 Å². The highest BCUT2D eigenvalue weighted by Gasteiger charge is 2.28. The summed E-state index contributed by atoms with van der Waals surface area (Å²) in [7, 11) is 0.